The summed E-state index contributed by atoms with van der Waals surface area (Å²) in [5, 5.41) is 3.29. The molecule has 0 radical (unpaired) electrons. The number of nitrogens with zero attached hydrogens (tertiary/aromatic N) is 1. The van der Waals surface area contributed by atoms with Crippen LogP contribution in [0.3, 0.4) is 0 Å². The van der Waals surface area contributed by atoms with Crippen LogP contribution in [-0.2, 0) is 17.7 Å². The van der Waals surface area contributed by atoms with E-state index in [0.717, 1.165) is 30.0 Å². The lowest BCUT2D eigenvalue weighted by Crippen LogP contribution is -2.19. The number of hydrogen-bond donors (Lipinski definition) is 1. The first-order valence-electron chi connectivity index (χ1n) is 6.57. The molecule has 4 heteroatoms. The fourth-order valence-electron chi connectivity index (χ4n) is 2.05. The molecule has 0 saturated carbocycles. The first-order valence-corrected chi connectivity index (χ1v) is 6.57. The van der Waals surface area contributed by atoms with Crippen LogP contribution in [-0.4, -0.2) is 25.2 Å². The van der Waals surface area contributed by atoms with Crippen molar-refractivity contribution in [3.8, 4) is 11.3 Å². The minimum atomic E-state index is 0.688. The molecule has 0 unspecified atom stereocenters. The van der Waals surface area contributed by atoms with Gasteiger partial charge in [0.05, 0.1) is 6.61 Å². The SMILES string of the molecule is CCc1ccccc1-c1ocnc1CNCCOC. The summed E-state index contributed by atoms with van der Waals surface area (Å²) in [7, 11) is 1.70. The zero-order valence-corrected chi connectivity index (χ0v) is 11.5. The molecule has 102 valence electrons. The van der Waals surface area contributed by atoms with E-state index in [1.165, 1.54) is 12.0 Å². The van der Waals surface area contributed by atoms with Gasteiger partial charge in [0.15, 0.2) is 12.2 Å². The van der Waals surface area contributed by atoms with Crippen molar-refractivity contribution in [1.82, 2.24) is 10.3 Å². The Balaban J connectivity index is 2.14. The van der Waals surface area contributed by atoms with E-state index in [1.54, 1.807) is 7.11 Å². The first kappa shape index (κ1) is 13.8. The van der Waals surface area contributed by atoms with Crippen LogP contribution >= 0.6 is 0 Å². The van der Waals surface area contributed by atoms with Gasteiger partial charge in [0.1, 0.15) is 5.69 Å². The van der Waals surface area contributed by atoms with E-state index in [-0.39, 0.29) is 0 Å². The van der Waals surface area contributed by atoms with E-state index in [2.05, 4.69) is 35.4 Å². The topological polar surface area (TPSA) is 47.3 Å². The second-order valence-corrected chi connectivity index (χ2v) is 4.31. The summed E-state index contributed by atoms with van der Waals surface area (Å²) in [6, 6.07) is 8.28. The quantitative estimate of drug-likeness (QED) is 0.777. The van der Waals surface area contributed by atoms with Crippen LogP contribution in [0.2, 0.25) is 0 Å². The van der Waals surface area contributed by atoms with Crippen LogP contribution in [0.1, 0.15) is 18.2 Å². The first-order chi connectivity index (χ1) is 9.36. The van der Waals surface area contributed by atoms with Gasteiger partial charge in [-0.1, -0.05) is 31.2 Å². The van der Waals surface area contributed by atoms with Crippen molar-refractivity contribution in [2.75, 3.05) is 20.3 Å². The lowest BCUT2D eigenvalue weighted by Gasteiger charge is -2.07. The lowest BCUT2D eigenvalue weighted by molar-refractivity contribution is 0.199. The number of benzene rings is 1. The van der Waals surface area contributed by atoms with E-state index < -0.39 is 0 Å². The molecule has 0 bridgehead atoms. The zero-order chi connectivity index (χ0) is 13.5. The minimum Gasteiger partial charge on any atom is -0.443 e. The number of methoxy groups -OCH3 is 1. The summed E-state index contributed by atoms with van der Waals surface area (Å²) in [5.41, 5.74) is 3.35. The molecule has 0 aliphatic rings. The van der Waals surface area contributed by atoms with Crippen LogP contribution in [0.4, 0.5) is 0 Å². The Labute approximate surface area is 113 Å². The fourth-order valence-corrected chi connectivity index (χ4v) is 2.05. The minimum absolute atomic E-state index is 0.688. The molecular weight excluding hydrogens is 240 g/mol. The van der Waals surface area contributed by atoms with Gasteiger partial charge in [-0.2, -0.15) is 0 Å². The number of nitrogens with one attached hydrogen (secondary N) is 1. The molecule has 1 aromatic carbocycles. The number of aromatic nitrogens is 1. The number of aryl methyl sites for hydroxylation is 1. The van der Waals surface area contributed by atoms with Gasteiger partial charge in [-0.05, 0) is 12.0 Å². The second kappa shape index (κ2) is 7.07. The molecule has 1 heterocycles. The number of oxazole rings is 1. The van der Waals surface area contributed by atoms with Crippen molar-refractivity contribution in [1.29, 1.82) is 0 Å². The third-order valence-electron chi connectivity index (χ3n) is 3.06. The molecule has 19 heavy (non-hydrogen) atoms. The van der Waals surface area contributed by atoms with E-state index in [9.17, 15) is 0 Å². The third kappa shape index (κ3) is 3.43. The molecular formula is C15H20N2O2. The summed E-state index contributed by atoms with van der Waals surface area (Å²) in [5.74, 6) is 0.863. The number of hydrogen-bond acceptors (Lipinski definition) is 4. The molecule has 2 rings (SSSR count). The number of rotatable bonds is 7. The fraction of sp³-hybridized carbons (Fsp3) is 0.400. The van der Waals surface area contributed by atoms with Crippen molar-refractivity contribution in [3.63, 3.8) is 0 Å². The van der Waals surface area contributed by atoms with Crippen LogP contribution in [0.15, 0.2) is 35.1 Å². The Kier molecular flexibility index (Phi) is 5.12. The highest BCUT2D eigenvalue weighted by Gasteiger charge is 2.12. The molecule has 1 N–H and O–H groups in total. The Morgan fingerprint density at radius 1 is 1.32 bits per heavy atom. The molecule has 0 saturated heterocycles. The molecule has 1 aromatic heterocycles. The summed E-state index contributed by atoms with van der Waals surface area (Å²) in [6.45, 7) is 4.33. The molecule has 0 aliphatic heterocycles. The molecule has 0 aliphatic carbocycles. The molecule has 0 spiro atoms. The maximum Gasteiger partial charge on any atom is 0.181 e. The molecule has 4 nitrogen and oxygen atoms in total. The maximum absolute atomic E-state index is 5.57. The molecule has 0 atom stereocenters. The van der Waals surface area contributed by atoms with Crippen molar-refractivity contribution >= 4 is 0 Å². The van der Waals surface area contributed by atoms with Crippen molar-refractivity contribution in [2.24, 2.45) is 0 Å². The highest BCUT2D eigenvalue weighted by molar-refractivity contribution is 5.64. The lowest BCUT2D eigenvalue weighted by atomic mass is 10.0. The third-order valence-corrected chi connectivity index (χ3v) is 3.06. The molecule has 0 fully saturated rings. The highest BCUT2D eigenvalue weighted by Crippen LogP contribution is 2.26. The normalized spacial score (nSPS) is 10.8. The summed E-state index contributed by atoms with van der Waals surface area (Å²) < 4.78 is 10.6. The Hall–Kier alpha value is -1.65. The van der Waals surface area contributed by atoms with Gasteiger partial charge in [0.25, 0.3) is 0 Å². The van der Waals surface area contributed by atoms with Gasteiger partial charge in [-0.25, -0.2) is 4.98 Å². The molecule has 0 amide bonds. The molecule has 2 aromatic rings. The predicted molar refractivity (Wildman–Crippen MR) is 74.9 cm³/mol. The summed E-state index contributed by atoms with van der Waals surface area (Å²) in [6.07, 6.45) is 2.49. The Morgan fingerprint density at radius 2 is 2.16 bits per heavy atom. The van der Waals surface area contributed by atoms with Gasteiger partial charge < -0.3 is 14.5 Å². The Bertz CT molecular complexity index is 508. The van der Waals surface area contributed by atoms with E-state index in [1.807, 2.05) is 6.07 Å². The van der Waals surface area contributed by atoms with Gasteiger partial charge in [-0.3, -0.25) is 0 Å². The summed E-state index contributed by atoms with van der Waals surface area (Å²) >= 11 is 0. The largest absolute Gasteiger partial charge is 0.443 e. The predicted octanol–water partition coefficient (Wildman–Crippen LogP) is 2.64. The van der Waals surface area contributed by atoms with E-state index >= 15 is 0 Å². The standard InChI is InChI=1S/C15H20N2O2/c1-3-12-6-4-5-7-13(12)15-14(17-11-19-15)10-16-8-9-18-2/h4-7,11,16H,3,8-10H2,1-2H3. The van der Waals surface area contributed by atoms with Crippen molar-refractivity contribution in [3.05, 3.63) is 41.9 Å². The number of ether oxygens (including phenoxy) is 1. The summed E-state index contributed by atoms with van der Waals surface area (Å²) in [4.78, 5) is 4.30. The second-order valence-electron chi connectivity index (χ2n) is 4.31. The van der Waals surface area contributed by atoms with Crippen LogP contribution in [0, 0.1) is 0 Å². The van der Waals surface area contributed by atoms with Gasteiger partial charge in [0.2, 0.25) is 0 Å². The van der Waals surface area contributed by atoms with Crippen molar-refractivity contribution in [2.45, 2.75) is 19.9 Å². The van der Waals surface area contributed by atoms with Gasteiger partial charge >= 0.3 is 0 Å². The smallest absolute Gasteiger partial charge is 0.181 e. The monoisotopic (exact) mass is 260 g/mol. The van der Waals surface area contributed by atoms with Gasteiger partial charge in [-0.15, -0.1) is 0 Å². The van der Waals surface area contributed by atoms with Crippen molar-refractivity contribution < 1.29 is 9.15 Å². The van der Waals surface area contributed by atoms with Crippen LogP contribution in [0.25, 0.3) is 11.3 Å². The van der Waals surface area contributed by atoms with Gasteiger partial charge in [0, 0.05) is 25.8 Å². The zero-order valence-electron chi connectivity index (χ0n) is 11.5. The average molecular weight is 260 g/mol. The Morgan fingerprint density at radius 3 is 2.95 bits per heavy atom. The van der Waals surface area contributed by atoms with E-state index in [0.29, 0.717) is 13.2 Å². The maximum atomic E-state index is 5.57. The van der Waals surface area contributed by atoms with Crippen LogP contribution < -0.4 is 5.32 Å². The van der Waals surface area contributed by atoms with E-state index in [4.69, 9.17) is 9.15 Å². The highest BCUT2D eigenvalue weighted by atomic mass is 16.5. The van der Waals surface area contributed by atoms with Crippen LogP contribution in [0.5, 0.6) is 0 Å². The average Bonchev–Trinajstić information content (AvgIpc) is 2.92.